The van der Waals surface area contributed by atoms with Crippen LogP contribution in [0.5, 0.6) is 5.75 Å². The van der Waals surface area contributed by atoms with Gasteiger partial charge in [0.05, 0.1) is 17.8 Å². The number of methoxy groups -OCH3 is 1. The number of carbonyl (C=O) groups is 2. The van der Waals surface area contributed by atoms with Gasteiger partial charge in [-0.3, -0.25) is 4.79 Å². The summed E-state index contributed by atoms with van der Waals surface area (Å²) in [7, 11) is 1.42. The topological polar surface area (TPSA) is 81.9 Å². The van der Waals surface area contributed by atoms with Crippen molar-refractivity contribution in [3.05, 3.63) is 58.6 Å². The van der Waals surface area contributed by atoms with E-state index in [4.69, 9.17) is 26.8 Å². The molecule has 1 heterocycles. The van der Waals surface area contributed by atoms with Gasteiger partial charge in [-0.25, -0.2) is 4.79 Å². The number of nitrogens with zero attached hydrogens (tertiary/aromatic N) is 1. The van der Waals surface area contributed by atoms with E-state index >= 15 is 0 Å². The molecular formula is C22H25ClN2O4. The molecule has 1 amide bonds. The maximum Gasteiger partial charge on any atom is 0.342 e. The smallest absolute Gasteiger partial charge is 0.342 e. The van der Waals surface area contributed by atoms with Gasteiger partial charge in [-0.05, 0) is 36.8 Å². The van der Waals surface area contributed by atoms with Crippen LogP contribution in [0.4, 0.5) is 5.69 Å². The number of carbonyl (C=O) groups excluding carboxylic acids is 2. The maximum atomic E-state index is 12.4. The lowest BCUT2D eigenvalue weighted by Gasteiger charge is -2.32. The molecule has 0 aliphatic carbocycles. The van der Waals surface area contributed by atoms with Gasteiger partial charge in [-0.15, -0.1) is 0 Å². The molecule has 0 radical (unpaired) electrons. The first kappa shape index (κ1) is 21.0. The number of nitrogen functional groups attached to an aromatic ring is 1. The highest BCUT2D eigenvalue weighted by Crippen LogP contribution is 2.29. The number of hydrogen-bond donors (Lipinski definition) is 1. The predicted molar refractivity (Wildman–Crippen MR) is 112 cm³/mol. The second-order valence-corrected chi connectivity index (χ2v) is 7.57. The molecule has 0 saturated carbocycles. The number of amides is 1. The summed E-state index contributed by atoms with van der Waals surface area (Å²) < 4.78 is 10.3. The van der Waals surface area contributed by atoms with Crippen molar-refractivity contribution in [3.8, 4) is 5.75 Å². The lowest BCUT2D eigenvalue weighted by molar-refractivity contribution is -0.135. The van der Waals surface area contributed by atoms with Crippen LogP contribution in [0.3, 0.4) is 0 Å². The summed E-state index contributed by atoms with van der Waals surface area (Å²) in [6, 6.07) is 13.2. The zero-order valence-corrected chi connectivity index (χ0v) is 17.2. The van der Waals surface area contributed by atoms with E-state index in [-0.39, 0.29) is 28.8 Å². The Morgan fingerprint density at radius 2 is 1.86 bits per heavy atom. The van der Waals surface area contributed by atoms with Gasteiger partial charge in [0, 0.05) is 19.2 Å². The molecule has 3 rings (SSSR count). The number of likely N-dealkylation sites (tertiary alicyclic amines) is 1. The molecule has 6 nitrogen and oxygen atoms in total. The quantitative estimate of drug-likeness (QED) is 0.575. The first-order chi connectivity index (χ1) is 14.0. The summed E-state index contributed by atoms with van der Waals surface area (Å²) in [6.45, 7) is 1.03. The summed E-state index contributed by atoms with van der Waals surface area (Å²) in [5.41, 5.74) is 7.48. The molecule has 2 aromatic rings. The minimum absolute atomic E-state index is 0.140. The zero-order chi connectivity index (χ0) is 20.8. The lowest BCUT2D eigenvalue weighted by Crippen LogP contribution is -2.41. The van der Waals surface area contributed by atoms with Gasteiger partial charge < -0.3 is 20.1 Å². The van der Waals surface area contributed by atoms with Gasteiger partial charge in [0.1, 0.15) is 11.3 Å². The van der Waals surface area contributed by atoms with Crippen molar-refractivity contribution in [2.24, 2.45) is 5.92 Å². The van der Waals surface area contributed by atoms with Crippen molar-refractivity contribution < 1.29 is 19.1 Å². The van der Waals surface area contributed by atoms with Crippen molar-refractivity contribution in [1.29, 1.82) is 0 Å². The van der Waals surface area contributed by atoms with Crippen molar-refractivity contribution in [2.45, 2.75) is 19.3 Å². The van der Waals surface area contributed by atoms with Crippen LogP contribution in [0.1, 0.15) is 28.8 Å². The standard InChI is InChI=1S/C22H25ClN2O4/c1-28-20-13-19(24)18(23)12-17(20)22(27)29-14-21(26)25-9-7-16(8-10-25)11-15-5-3-2-4-6-15/h2-6,12-13,16H,7-11,14,24H2,1H3. The fourth-order valence-electron chi connectivity index (χ4n) is 3.53. The molecule has 7 heteroatoms. The second-order valence-electron chi connectivity index (χ2n) is 7.16. The predicted octanol–water partition coefficient (Wildman–Crippen LogP) is 3.57. The van der Waals surface area contributed by atoms with Gasteiger partial charge in [0.25, 0.3) is 5.91 Å². The van der Waals surface area contributed by atoms with Crippen LogP contribution in [-0.2, 0) is 16.0 Å². The van der Waals surface area contributed by atoms with Gasteiger partial charge in [-0.2, -0.15) is 0 Å². The molecule has 0 spiro atoms. The fourth-order valence-corrected chi connectivity index (χ4v) is 3.69. The van der Waals surface area contributed by atoms with Gasteiger partial charge in [0.2, 0.25) is 0 Å². The van der Waals surface area contributed by atoms with Crippen molar-refractivity contribution >= 4 is 29.2 Å². The summed E-state index contributed by atoms with van der Waals surface area (Å²) in [5.74, 6) is -0.0515. The Bertz CT molecular complexity index is 865. The van der Waals surface area contributed by atoms with E-state index in [2.05, 4.69) is 12.1 Å². The van der Waals surface area contributed by atoms with Crippen LogP contribution in [0.2, 0.25) is 5.02 Å². The number of piperidine rings is 1. The Morgan fingerprint density at radius 1 is 1.17 bits per heavy atom. The molecule has 2 aromatic carbocycles. The van der Waals surface area contributed by atoms with Gasteiger partial charge in [-0.1, -0.05) is 41.9 Å². The van der Waals surface area contributed by atoms with Crippen LogP contribution in [0.15, 0.2) is 42.5 Å². The van der Waals surface area contributed by atoms with Crippen LogP contribution < -0.4 is 10.5 Å². The molecule has 2 N–H and O–H groups in total. The molecule has 0 bridgehead atoms. The highest BCUT2D eigenvalue weighted by atomic mass is 35.5. The van der Waals surface area contributed by atoms with E-state index in [1.807, 2.05) is 18.2 Å². The summed E-state index contributed by atoms with van der Waals surface area (Å²) in [5, 5.41) is 0.226. The number of benzene rings is 2. The summed E-state index contributed by atoms with van der Waals surface area (Å²) >= 11 is 5.98. The minimum Gasteiger partial charge on any atom is -0.496 e. The minimum atomic E-state index is -0.670. The molecule has 0 atom stereocenters. The van der Waals surface area contributed by atoms with E-state index in [0.29, 0.717) is 24.7 Å². The first-order valence-corrected chi connectivity index (χ1v) is 9.97. The Labute approximate surface area is 175 Å². The molecule has 1 aliphatic rings. The SMILES string of the molecule is COc1cc(N)c(Cl)cc1C(=O)OCC(=O)N1CCC(Cc2ccccc2)CC1. The average molecular weight is 417 g/mol. The van der Waals surface area contributed by atoms with Crippen LogP contribution in [0, 0.1) is 5.92 Å². The molecule has 1 saturated heterocycles. The molecule has 154 valence electrons. The monoisotopic (exact) mass is 416 g/mol. The van der Waals surface area contributed by atoms with Gasteiger partial charge >= 0.3 is 5.97 Å². The molecule has 0 aromatic heterocycles. The average Bonchev–Trinajstić information content (AvgIpc) is 2.74. The third-order valence-electron chi connectivity index (χ3n) is 5.20. The van der Waals surface area contributed by atoms with Gasteiger partial charge in [0.15, 0.2) is 6.61 Å². The zero-order valence-electron chi connectivity index (χ0n) is 16.4. The van der Waals surface area contributed by atoms with Crippen molar-refractivity contribution in [1.82, 2.24) is 4.90 Å². The molecule has 1 aliphatic heterocycles. The van der Waals surface area contributed by atoms with E-state index in [0.717, 1.165) is 19.3 Å². The Kier molecular flexibility index (Phi) is 6.99. The Hall–Kier alpha value is -2.73. The van der Waals surface area contributed by atoms with Crippen molar-refractivity contribution in [3.63, 3.8) is 0 Å². The number of hydrogen-bond acceptors (Lipinski definition) is 5. The molecule has 29 heavy (non-hydrogen) atoms. The second kappa shape index (κ2) is 9.65. The molecular weight excluding hydrogens is 392 g/mol. The number of ether oxygens (including phenoxy) is 2. The van der Waals surface area contributed by atoms with Crippen molar-refractivity contribution in [2.75, 3.05) is 32.5 Å². The highest BCUT2D eigenvalue weighted by Gasteiger charge is 2.24. The summed E-state index contributed by atoms with van der Waals surface area (Å²) in [4.78, 5) is 26.6. The van der Waals surface area contributed by atoms with Crippen LogP contribution in [0.25, 0.3) is 0 Å². The number of nitrogens with two attached hydrogens (primary N) is 1. The van der Waals surface area contributed by atoms with Crippen LogP contribution >= 0.6 is 11.6 Å². The highest BCUT2D eigenvalue weighted by molar-refractivity contribution is 6.33. The summed E-state index contributed by atoms with van der Waals surface area (Å²) in [6.07, 6.45) is 2.90. The third kappa shape index (κ3) is 5.41. The first-order valence-electron chi connectivity index (χ1n) is 9.59. The number of rotatable bonds is 6. The lowest BCUT2D eigenvalue weighted by atomic mass is 9.90. The van der Waals surface area contributed by atoms with E-state index < -0.39 is 5.97 Å². The largest absolute Gasteiger partial charge is 0.496 e. The Morgan fingerprint density at radius 3 is 2.52 bits per heavy atom. The third-order valence-corrected chi connectivity index (χ3v) is 5.53. The van der Waals surface area contributed by atoms with E-state index in [1.165, 1.54) is 24.8 Å². The fraction of sp³-hybridized carbons (Fsp3) is 0.364. The molecule has 0 unspecified atom stereocenters. The molecule has 1 fully saturated rings. The Balaban J connectivity index is 1.49. The van der Waals surface area contributed by atoms with E-state index in [1.54, 1.807) is 4.90 Å². The van der Waals surface area contributed by atoms with Crippen LogP contribution in [-0.4, -0.2) is 43.6 Å². The normalized spacial score (nSPS) is 14.5. The van der Waals surface area contributed by atoms with E-state index in [9.17, 15) is 9.59 Å². The maximum absolute atomic E-state index is 12.4. The number of halogens is 1. The number of anilines is 1. The number of esters is 1.